The highest BCUT2D eigenvalue weighted by Crippen LogP contribution is 2.55. The average molecular weight is 1610 g/mol. The maximum Gasteiger partial charge on any atom is 0.256 e. The van der Waals surface area contributed by atoms with Gasteiger partial charge >= 0.3 is 0 Å². The molecule has 0 aromatic carbocycles. The van der Waals surface area contributed by atoms with Crippen molar-refractivity contribution in [2.45, 2.75) is 293 Å². The monoisotopic (exact) mass is 1610 g/mol. The first-order valence-electron chi connectivity index (χ1n) is 48.6. The van der Waals surface area contributed by atoms with Crippen molar-refractivity contribution in [1.82, 2.24) is 19.6 Å². The van der Waals surface area contributed by atoms with Crippen LogP contribution in [0.2, 0.25) is 0 Å². The second-order valence-corrected chi connectivity index (χ2v) is 41.6. The Morgan fingerprint density at radius 2 is 0.517 bits per heavy atom. The fourth-order valence-corrected chi connectivity index (χ4v) is 24.9. The van der Waals surface area contributed by atoms with Gasteiger partial charge in [0.15, 0.2) is 0 Å². The highest BCUT2D eigenvalue weighted by molar-refractivity contribution is 6.20. The first-order valence-corrected chi connectivity index (χ1v) is 48.6. The van der Waals surface area contributed by atoms with Gasteiger partial charge in [0.1, 0.15) is 0 Å². The Hall–Kier alpha value is -6.34. The maximum absolute atomic E-state index is 11.9. The molecule has 0 saturated heterocycles. The normalized spacial score (nSPS) is 35.4. The van der Waals surface area contributed by atoms with Crippen LogP contribution < -0.4 is 0 Å². The number of fused-ring (bicyclic) bond motifs is 14. The molecule has 0 radical (unpaired) electrons. The molecule has 0 spiro atoms. The van der Waals surface area contributed by atoms with Crippen LogP contribution >= 0.6 is 0 Å². The predicted octanol–water partition coefficient (Wildman–Crippen LogP) is 22.1. The smallest absolute Gasteiger partial charge is 0.256 e. The fraction of sp³-hybridized carbons (Fsp3) is 0.714. The molecule has 21 aliphatic rings. The van der Waals surface area contributed by atoms with E-state index in [0.717, 1.165) is 182 Å². The number of rotatable bonds is 31. The molecule has 17 aliphatic carbocycles. The van der Waals surface area contributed by atoms with E-state index in [1.54, 1.807) is 68.2 Å². The van der Waals surface area contributed by atoms with E-state index in [4.69, 9.17) is 4.74 Å². The number of carbonyl (C=O) groups excluding carboxylic acids is 8. The number of unbranched alkanes of at least 4 members (excludes halogenated alkanes) is 8. The second kappa shape index (κ2) is 39.5. The first kappa shape index (κ1) is 86.6. The number of hydrogen-bond donors (Lipinski definition) is 0. The van der Waals surface area contributed by atoms with Crippen LogP contribution in [0.15, 0.2) is 130 Å². The van der Waals surface area contributed by atoms with E-state index >= 15 is 0 Å². The minimum absolute atomic E-state index is 0.0840. The number of nitrogens with zero attached hydrogens (tertiary/aromatic N) is 4. The predicted molar refractivity (Wildman–Crippen MR) is 470 cm³/mol. The molecule has 4 heterocycles. The minimum Gasteiger partial charge on any atom is -0.381 e. The van der Waals surface area contributed by atoms with Gasteiger partial charge in [0.25, 0.3) is 47.3 Å². The largest absolute Gasteiger partial charge is 0.381 e. The summed E-state index contributed by atoms with van der Waals surface area (Å²) in [5.74, 6) is 20.5. The summed E-state index contributed by atoms with van der Waals surface area (Å²) in [7, 11) is 0. The Morgan fingerprint density at radius 3 is 0.831 bits per heavy atom. The van der Waals surface area contributed by atoms with Gasteiger partial charge in [-0.05, 0) is 358 Å². The SMILES string of the molecule is C1=CC2CC1CC2C1CC1.C1=CC2CC1CC2CCCCCCCC1CC1.C1=CC2CC1CC2COCC1CC1.CC1=C(C)C(=O)N(CC2CC3C=CC2C3)C1=O.CC1=C(C)C(=O)N(CCCC2CC3C=CC2C3)C1=O.CC1=C(C)C(=O)N(CCCCC2CC3C=CC2C3)C1=O.CC1=C(C)C(=O)N(CCCCCCC2CC3C=CC2C3)C1=O. The number of hydrogen-bond acceptors (Lipinski definition) is 9. The number of carbonyl (C=O) groups is 8. The molecule has 21 rings (SSSR count). The molecule has 0 aromatic rings. The Labute approximate surface area is 709 Å². The molecule has 0 aromatic heterocycles. The second-order valence-electron chi connectivity index (χ2n) is 41.6. The highest BCUT2D eigenvalue weighted by Gasteiger charge is 2.46. The van der Waals surface area contributed by atoms with E-state index in [1.807, 2.05) is 0 Å². The van der Waals surface area contributed by atoms with Crippen LogP contribution in [-0.4, -0.2) is 106 Å². The average Bonchev–Trinajstić information content (AvgIpc) is 1.63. The number of amides is 8. The first-order chi connectivity index (χ1) is 57.1. The summed E-state index contributed by atoms with van der Waals surface area (Å²) in [6.07, 6.45) is 83.8. The van der Waals surface area contributed by atoms with Crippen molar-refractivity contribution < 1.29 is 43.1 Å². The quantitative estimate of drug-likeness (QED) is 0.0374. The number of ether oxygens (including phenoxy) is 1. The van der Waals surface area contributed by atoms with E-state index in [-0.39, 0.29) is 47.3 Å². The molecular weight excluding hydrogens is 1460 g/mol. The van der Waals surface area contributed by atoms with Crippen molar-refractivity contribution in [2.75, 3.05) is 39.4 Å². The molecule has 8 amide bonds. The molecule has 21 unspecified atom stereocenters. The van der Waals surface area contributed by atoms with Gasteiger partial charge in [0, 0.05) is 84.0 Å². The molecule has 0 N–H and O–H groups in total. The molecule has 118 heavy (non-hydrogen) atoms. The third kappa shape index (κ3) is 21.1. The van der Waals surface area contributed by atoms with Crippen molar-refractivity contribution >= 4 is 47.3 Å². The third-order valence-electron chi connectivity index (χ3n) is 33.4. The summed E-state index contributed by atoms with van der Waals surface area (Å²) in [6.45, 7) is 18.4. The van der Waals surface area contributed by atoms with E-state index in [2.05, 4.69) is 85.1 Å². The van der Waals surface area contributed by atoms with Crippen molar-refractivity contribution in [3.05, 3.63) is 130 Å². The zero-order valence-electron chi connectivity index (χ0n) is 73.8. The lowest BCUT2D eigenvalue weighted by Crippen LogP contribution is -2.37. The Bertz CT molecular complexity index is 3950. The Morgan fingerprint density at radius 1 is 0.246 bits per heavy atom. The van der Waals surface area contributed by atoms with Gasteiger partial charge in [-0.3, -0.25) is 58.0 Å². The molecule has 14 bridgehead atoms. The minimum atomic E-state index is -0.0876. The van der Waals surface area contributed by atoms with Gasteiger partial charge in [0.05, 0.1) is 0 Å². The van der Waals surface area contributed by atoms with Crippen LogP contribution in [0.4, 0.5) is 0 Å². The molecule has 4 aliphatic heterocycles. The molecule has 642 valence electrons. The number of allylic oxidation sites excluding steroid dienone is 14. The van der Waals surface area contributed by atoms with Crippen LogP contribution in [0.1, 0.15) is 293 Å². The lowest BCUT2D eigenvalue weighted by molar-refractivity contribution is -0.139. The molecule has 21 atom stereocenters. The van der Waals surface area contributed by atoms with Crippen molar-refractivity contribution in [3.8, 4) is 0 Å². The van der Waals surface area contributed by atoms with Gasteiger partial charge in [-0.15, -0.1) is 0 Å². The van der Waals surface area contributed by atoms with Crippen molar-refractivity contribution in [2.24, 2.45) is 142 Å². The van der Waals surface area contributed by atoms with Crippen molar-refractivity contribution in [3.63, 3.8) is 0 Å². The lowest BCUT2D eigenvalue weighted by Gasteiger charge is -2.24. The van der Waals surface area contributed by atoms with Crippen LogP contribution in [0.3, 0.4) is 0 Å². The zero-order valence-corrected chi connectivity index (χ0v) is 73.8. The van der Waals surface area contributed by atoms with Crippen molar-refractivity contribution in [1.29, 1.82) is 0 Å². The lowest BCUT2D eigenvalue weighted by atomic mass is 9.88. The van der Waals surface area contributed by atoms with Gasteiger partial charge in [-0.2, -0.15) is 0 Å². The summed E-state index contributed by atoms with van der Waals surface area (Å²) in [4.78, 5) is 101. The summed E-state index contributed by atoms with van der Waals surface area (Å²) in [5, 5.41) is 0. The van der Waals surface area contributed by atoms with Crippen LogP contribution in [0.25, 0.3) is 0 Å². The van der Waals surface area contributed by atoms with Crippen LogP contribution in [0, 0.1) is 142 Å². The third-order valence-corrected chi connectivity index (χ3v) is 33.4. The molecule has 13 nitrogen and oxygen atoms in total. The van der Waals surface area contributed by atoms with Gasteiger partial charge in [-0.1, -0.05) is 162 Å². The summed E-state index contributed by atoms with van der Waals surface area (Å²) in [6, 6.07) is 0. The highest BCUT2D eigenvalue weighted by atomic mass is 16.5. The topological polar surface area (TPSA) is 159 Å². The Balaban J connectivity index is 0.000000109. The van der Waals surface area contributed by atoms with E-state index < -0.39 is 0 Å². The van der Waals surface area contributed by atoms with E-state index in [1.165, 1.54) is 199 Å². The van der Waals surface area contributed by atoms with E-state index in [9.17, 15) is 38.4 Å². The maximum atomic E-state index is 11.9. The van der Waals surface area contributed by atoms with Gasteiger partial charge < -0.3 is 4.74 Å². The standard InChI is InChI=1S/C19H27NO2.C17H23NO2.C17H28.C16H21NO2.C14H17NO2.C12H18O.C10H14/c1-13-14(2)19(22)20(18(13)21)10-6-4-3-5-7-16-11-15-8-9-17(16)12-15;1-11-12(2)17(20)18(16(11)19)8-4-3-5-14-9-13-6-7-15(14)10-13;1(2-4-6-14-8-9-14)3-5-7-16-12-15-10-11-17(16)13-15;1-10-11(2)16(19)17(15(10)18)7-3-4-13-8-12-5-6-14(13)9-12;1-8-9(2)14(17)15(13(8)16)7-12-6-10-3-4-11(12)5-10;1-2-9(1)7-13-8-12-6-10-3-4-11(12)5-10;1-2-9-5-7(1)6-10(9)8-3-4-8/h8-9,15-17H,3-7,10-12H2,1-2H3;6-7,13-15H,3-5,8-10H2,1-2H3;10-11,14-17H,1-9,12-13H2;5-6,12-14H,3-4,7-9H2,1-2H3;3-4,10-12H,5-7H2,1-2H3;3-4,9-12H,1-2,5-8H2;1-2,7-10H,3-6H2. The molecular formula is C105H148N4O9. The fourth-order valence-electron chi connectivity index (χ4n) is 24.9. The van der Waals surface area contributed by atoms with Gasteiger partial charge in [0.2, 0.25) is 0 Å². The summed E-state index contributed by atoms with van der Waals surface area (Å²) in [5.41, 5.74) is 4.95. The zero-order chi connectivity index (χ0) is 82.4. The Kier molecular flexibility index (Phi) is 29.0. The van der Waals surface area contributed by atoms with Gasteiger partial charge in [-0.25, -0.2) is 0 Å². The van der Waals surface area contributed by atoms with Crippen LogP contribution in [-0.2, 0) is 43.1 Å². The summed E-state index contributed by atoms with van der Waals surface area (Å²) >= 11 is 0. The molecule has 10 fully saturated rings. The molecule has 13 heteroatoms. The summed E-state index contributed by atoms with van der Waals surface area (Å²) < 4.78 is 5.76. The van der Waals surface area contributed by atoms with E-state index in [0.29, 0.717) is 88.5 Å². The molecule has 10 saturated carbocycles. The van der Waals surface area contributed by atoms with Crippen LogP contribution in [0.5, 0.6) is 0 Å². The number of imide groups is 4.